The van der Waals surface area contributed by atoms with E-state index in [0.29, 0.717) is 11.8 Å². The van der Waals surface area contributed by atoms with Gasteiger partial charge < -0.3 is 0 Å². The Labute approximate surface area is 170 Å². The Kier molecular flexibility index (Phi) is 5.97. The third kappa shape index (κ3) is 3.86. The molecule has 4 rings (SSSR count). The molecule has 2 unspecified atom stereocenters. The molecule has 0 bridgehead atoms. The van der Waals surface area contributed by atoms with Gasteiger partial charge in [0.2, 0.25) is 0 Å². The third-order valence-electron chi connectivity index (χ3n) is 8.26. The summed E-state index contributed by atoms with van der Waals surface area (Å²) in [6, 6.07) is 0. The van der Waals surface area contributed by atoms with Crippen LogP contribution in [-0.4, -0.2) is 9.52 Å². The van der Waals surface area contributed by atoms with E-state index in [1.807, 2.05) is 10.4 Å². The SMILES string of the molecule is CC1=C([SiH2]C2=C(C)C(C3CCCCC3)=CC2C)C(C)C=C1C1CCCCC1. The van der Waals surface area contributed by atoms with Crippen LogP contribution in [0.4, 0.5) is 0 Å². The first kappa shape index (κ1) is 19.5. The Morgan fingerprint density at radius 1 is 0.630 bits per heavy atom. The van der Waals surface area contributed by atoms with Crippen LogP contribution in [0.1, 0.15) is 91.9 Å². The van der Waals surface area contributed by atoms with Crippen LogP contribution in [0.2, 0.25) is 0 Å². The highest BCUT2D eigenvalue weighted by Gasteiger charge is 2.31. The fraction of sp³-hybridized carbons (Fsp3) is 0.692. The predicted molar refractivity (Wildman–Crippen MR) is 122 cm³/mol. The molecule has 27 heavy (non-hydrogen) atoms. The Morgan fingerprint density at radius 3 is 1.37 bits per heavy atom. The van der Waals surface area contributed by atoms with Gasteiger partial charge in [0.25, 0.3) is 0 Å². The van der Waals surface area contributed by atoms with Crippen LogP contribution in [-0.2, 0) is 0 Å². The van der Waals surface area contributed by atoms with Crippen molar-refractivity contribution < 1.29 is 0 Å². The van der Waals surface area contributed by atoms with Crippen molar-refractivity contribution in [2.24, 2.45) is 23.7 Å². The Balaban J connectivity index is 1.52. The van der Waals surface area contributed by atoms with Crippen LogP contribution < -0.4 is 0 Å². The van der Waals surface area contributed by atoms with Crippen molar-refractivity contribution in [2.45, 2.75) is 91.9 Å². The van der Waals surface area contributed by atoms with Gasteiger partial charge in [0.05, 0.1) is 9.52 Å². The number of hydrogen-bond donors (Lipinski definition) is 0. The van der Waals surface area contributed by atoms with E-state index < -0.39 is 0 Å². The van der Waals surface area contributed by atoms with E-state index in [-0.39, 0.29) is 9.52 Å². The molecule has 4 aliphatic rings. The van der Waals surface area contributed by atoms with Crippen LogP contribution in [0.25, 0.3) is 0 Å². The average Bonchev–Trinajstić information content (AvgIpc) is 3.14. The summed E-state index contributed by atoms with van der Waals surface area (Å²) < 4.78 is 0. The molecule has 148 valence electrons. The summed E-state index contributed by atoms with van der Waals surface area (Å²) in [5, 5.41) is 3.74. The van der Waals surface area contributed by atoms with Crippen molar-refractivity contribution in [2.75, 3.05) is 0 Å². The van der Waals surface area contributed by atoms with E-state index in [1.54, 1.807) is 22.3 Å². The quantitative estimate of drug-likeness (QED) is 0.460. The smallest absolute Gasteiger partial charge is 0.0743 e. The highest BCUT2D eigenvalue weighted by atomic mass is 28.2. The van der Waals surface area contributed by atoms with Crippen molar-refractivity contribution in [3.05, 3.63) is 44.8 Å². The van der Waals surface area contributed by atoms with Crippen LogP contribution in [0, 0.1) is 23.7 Å². The lowest BCUT2D eigenvalue weighted by atomic mass is 9.82. The predicted octanol–water partition coefficient (Wildman–Crippen LogP) is 7.02. The molecular formula is C26H40Si. The van der Waals surface area contributed by atoms with Gasteiger partial charge in [0.1, 0.15) is 0 Å². The maximum Gasteiger partial charge on any atom is 0.0795 e. The van der Waals surface area contributed by atoms with E-state index >= 15 is 0 Å². The van der Waals surface area contributed by atoms with Crippen LogP contribution in [0.5, 0.6) is 0 Å². The molecule has 0 aromatic rings. The first-order valence-corrected chi connectivity index (χ1v) is 13.3. The maximum absolute atomic E-state index is 2.67. The fourth-order valence-corrected chi connectivity index (χ4v) is 8.78. The molecule has 2 fully saturated rings. The number of hydrogen-bond acceptors (Lipinski definition) is 0. The number of allylic oxidation sites excluding steroid dienone is 8. The summed E-state index contributed by atoms with van der Waals surface area (Å²) in [5.74, 6) is 3.17. The van der Waals surface area contributed by atoms with Gasteiger partial charge in [-0.3, -0.25) is 0 Å². The Hall–Kier alpha value is -0.823. The van der Waals surface area contributed by atoms with Crippen molar-refractivity contribution in [1.29, 1.82) is 0 Å². The lowest BCUT2D eigenvalue weighted by molar-refractivity contribution is 0.406. The molecule has 2 atom stereocenters. The molecular weight excluding hydrogens is 340 g/mol. The van der Waals surface area contributed by atoms with Crippen LogP contribution in [0.15, 0.2) is 44.8 Å². The first-order chi connectivity index (χ1) is 13.1. The zero-order valence-corrected chi connectivity index (χ0v) is 19.7. The summed E-state index contributed by atoms with van der Waals surface area (Å²) in [7, 11) is -0.305. The van der Waals surface area contributed by atoms with Crippen LogP contribution >= 0.6 is 0 Å². The second-order valence-corrected chi connectivity index (χ2v) is 11.8. The normalized spacial score (nSPS) is 31.4. The van der Waals surface area contributed by atoms with Gasteiger partial charge in [-0.05, 0) is 74.3 Å². The Bertz CT molecular complexity index is 630. The van der Waals surface area contributed by atoms with E-state index in [0.717, 1.165) is 11.8 Å². The molecule has 0 saturated heterocycles. The number of rotatable bonds is 4. The largest absolute Gasteiger partial charge is 0.0795 e. The molecule has 1 heteroatoms. The molecule has 0 amide bonds. The molecule has 0 N–H and O–H groups in total. The molecule has 4 aliphatic carbocycles. The lowest BCUT2D eigenvalue weighted by Crippen LogP contribution is -2.13. The molecule has 2 saturated carbocycles. The standard InChI is InChI=1S/C26H40Si/c1-17-15-23(21-11-7-5-8-12-21)19(3)25(17)27-26-18(2)16-24(20(26)4)22-13-9-6-10-14-22/h15-18,21-22H,5-14,27H2,1-4H3. The van der Waals surface area contributed by atoms with Crippen molar-refractivity contribution >= 4 is 9.52 Å². The van der Waals surface area contributed by atoms with Gasteiger partial charge in [-0.25, -0.2) is 0 Å². The average molecular weight is 381 g/mol. The van der Waals surface area contributed by atoms with E-state index in [2.05, 4.69) is 39.8 Å². The molecule has 0 aromatic heterocycles. The van der Waals surface area contributed by atoms with Gasteiger partial charge >= 0.3 is 0 Å². The summed E-state index contributed by atoms with van der Waals surface area (Å²) >= 11 is 0. The lowest BCUT2D eigenvalue weighted by Gasteiger charge is -2.24. The van der Waals surface area contributed by atoms with E-state index in [1.165, 1.54) is 64.2 Å². The summed E-state index contributed by atoms with van der Waals surface area (Å²) in [6.07, 6.45) is 19.8. The molecule has 0 aliphatic heterocycles. The maximum atomic E-state index is 2.67. The zero-order valence-electron chi connectivity index (χ0n) is 18.2. The van der Waals surface area contributed by atoms with Gasteiger partial charge in [-0.2, -0.15) is 0 Å². The van der Waals surface area contributed by atoms with Crippen molar-refractivity contribution in [1.82, 2.24) is 0 Å². The first-order valence-electron chi connectivity index (χ1n) is 11.9. The van der Waals surface area contributed by atoms with Crippen LogP contribution in [0.3, 0.4) is 0 Å². The van der Waals surface area contributed by atoms with Gasteiger partial charge in [0.15, 0.2) is 0 Å². The highest BCUT2D eigenvalue weighted by molar-refractivity contribution is 6.55. The van der Waals surface area contributed by atoms with E-state index in [4.69, 9.17) is 0 Å². The zero-order chi connectivity index (χ0) is 19.0. The Morgan fingerprint density at radius 2 is 1.00 bits per heavy atom. The van der Waals surface area contributed by atoms with Crippen molar-refractivity contribution in [3.63, 3.8) is 0 Å². The van der Waals surface area contributed by atoms with E-state index in [9.17, 15) is 0 Å². The highest BCUT2D eigenvalue weighted by Crippen LogP contribution is 2.44. The molecule has 0 aromatic carbocycles. The second kappa shape index (κ2) is 8.27. The van der Waals surface area contributed by atoms with Gasteiger partial charge in [0, 0.05) is 0 Å². The second-order valence-electron chi connectivity index (χ2n) is 9.97. The van der Waals surface area contributed by atoms with Gasteiger partial charge in [-0.15, -0.1) is 0 Å². The monoisotopic (exact) mass is 380 g/mol. The molecule has 0 spiro atoms. The summed E-state index contributed by atoms with van der Waals surface area (Å²) in [6.45, 7) is 9.90. The third-order valence-corrected chi connectivity index (χ3v) is 11.4. The topological polar surface area (TPSA) is 0 Å². The fourth-order valence-electron chi connectivity index (χ4n) is 6.55. The van der Waals surface area contributed by atoms with Gasteiger partial charge in [-0.1, -0.05) is 86.1 Å². The minimum Gasteiger partial charge on any atom is -0.0743 e. The summed E-state index contributed by atoms with van der Waals surface area (Å²) in [4.78, 5) is 0. The van der Waals surface area contributed by atoms with Crippen molar-refractivity contribution in [3.8, 4) is 0 Å². The molecule has 0 radical (unpaired) electrons. The summed E-state index contributed by atoms with van der Waals surface area (Å²) in [5.41, 5.74) is 6.96. The molecule has 0 heterocycles. The minimum atomic E-state index is -0.305. The molecule has 0 nitrogen and oxygen atoms in total. The minimum absolute atomic E-state index is 0.305.